The van der Waals surface area contributed by atoms with Gasteiger partial charge in [0.1, 0.15) is 5.65 Å². The summed E-state index contributed by atoms with van der Waals surface area (Å²) >= 11 is 6.73. The molecule has 0 radical (unpaired) electrons. The van der Waals surface area contributed by atoms with Gasteiger partial charge in [-0.25, -0.2) is 0 Å². The van der Waals surface area contributed by atoms with Crippen molar-refractivity contribution in [2.75, 3.05) is 18.0 Å². The third kappa shape index (κ3) is 2.89. The van der Waals surface area contributed by atoms with Crippen LogP contribution >= 0.6 is 11.6 Å². The van der Waals surface area contributed by atoms with Gasteiger partial charge in [0.15, 0.2) is 0 Å². The molecular formula is C22H24ClN7O. The predicted octanol–water partition coefficient (Wildman–Crippen LogP) is 2.80. The molecule has 6 rings (SSSR count). The molecule has 0 saturated carbocycles. The van der Waals surface area contributed by atoms with Crippen LogP contribution in [0.4, 0.5) is 5.95 Å². The van der Waals surface area contributed by atoms with E-state index in [9.17, 15) is 4.79 Å². The Balaban J connectivity index is 1.48. The Morgan fingerprint density at radius 1 is 1.13 bits per heavy atom. The summed E-state index contributed by atoms with van der Waals surface area (Å²) in [5, 5.41) is 10.1. The molecule has 0 aliphatic carbocycles. The summed E-state index contributed by atoms with van der Waals surface area (Å²) in [5.74, 6) is 0.720. The quantitative estimate of drug-likeness (QED) is 0.503. The van der Waals surface area contributed by atoms with Crippen molar-refractivity contribution < 1.29 is 0 Å². The Hall–Kier alpha value is -2.84. The van der Waals surface area contributed by atoms with Crippen molar-refractivity contribution in [1.82, 2.24) is 29.6 Å². The topological polar surface area (TPSA) is 83.8 Å². The highest BCUT2D eigenvalue weighted by Crippen LogP contribution is 2.36. The smallest absolute Gasteiger partial charge is 0.264 e. The number of piperazine rings is 1. The van der Waals surface area contributed by atoms with Crippen LogP contribution in [0, 0.1) is 0 Å². The van der Waals surface area contributed by atoms with Crippen molar-refractivity contribution in [2.45, 2.75) is 31.3 Å². The van der Waals surface area contributed by atoms with Crippen LogP contribution in [0.5, 0.6) is 0 Å². The summed E-state index contributed by atoms with van der Waals surface area (Å²) in [7, 11) is 3.68. The lowest BCUT2D eigenvalue weighted by Crippen LogP contribution is -2.59. The van der Waals surface area contributed by atoms with Crippen LogP contribution in [0.15, 0.2) is 29.3 Å². The molecule has 4 aromatic rings. The van der Waals surface area contributed by atoms with Crippen LogP contribution in [-0.4, -0.2) is 49.5 Å². The second-order valence-corrected chi connectivity index (χ2v) is 9.14. The van der Waals surface area contributed by atoms with E-state index in [1.54, 1.807) is 9.25 Å². The maximum atomic E-state index is 13.5. The average Bonchev–Trinajstić information content (AvgIpc) is 3.34. The van der Waals surface area contributed by atoms with Crippen LogP contribution in [0.2, 0.25) is 5.02 Å². The molecule has 2 atom stereocenters. The number of nitrogens with zero attached hydrogens (tertiary/aromatic N) is 5. The molecule has 9 heteroatoms. The molecule has 3 aromatic heterocycles. The van der Waals surface area contributed by atoms with E-state index >= 15 is 0 Å². The van der Waals surface area contributed by atoms with Gasteiger partial charge < -0.3 is 15.2 Å². The van der Waals surface area contributed by atoms with Gasteiger partial charge in [0, 0.05) is 68.2 Å². The van der Waals surface area contributed by atoms with Crippen LogP contribution in [0.1, 0.15) is 19.3 Å². The molecular weight excluding hydrogens is 414 g/mol. The first-order chi connectivity index (χ1) is 15.0. The van der Waals surface area contributed by atoms with Crippen LogP contribution in [-0.2, 0) is 14.1 Å². The second kappa shape index (κ2) is 6.83. The number of rotatable bonds is 2. The molecule has 0 spiro atoms. The molecule has 2 fully saturated rings. The number of fused-ring (bicyclic) bond motifs is 4. The van der Waals surface area contributed by atoms with E-state index < -0.39 is 0 Å². The fourth-order valence-electron chi connectivity index (χ4n) is 5.20. The number of anilines is 1. The normalized spacial score (nSPS) is 21.3. The minimum atomic E-state index is -0.0673. The Labute approximate surface area is 183 Å². The fourth-order valence-corrected chi connectivity index (χ4v) is 5.51. The lowest BCUT2D eigenvalue weighted by molar-refractivity contribution is 0.280. The molecule has 2 aliphatic heterocycles. The first-order valence-electron chi connectivity index (χ1n) is 10.7. The monoisotopic (exact) mass is 437 g/mol. The summed E-state index contributed by atoms with van der Waals surface area (Å²) in [6, 6.07) is 4.78. The van der Waals surface area contributed by atoms with Gasteiger partial charge in [0.25, 0.3) is 5.56 Å². The first kappa shape index (κ1) is 18.9. The number of aryl methyl sites for hydroxylation is 1. The lowest BCUT2D eigenvalue weighted by Gasteiger charge is -2.43. The van der Waals surface area contributed by atoms with Gasteiger partial charge >= 0.3 is 0 Å². The number of hydrogen-bond acceptors (Lipinski definition) is 5. The van der Waals surface area contributed by atoms with E-state index in [-0.39, 0.29) is 5.56 Å². The van der Waals surface area contributed by atoms with Gasteiger partial charge in [-0.2, -0.15) is 10.1 Å². The molecule has 8 nitrogen and oxygen atoms in total. The molecule has 2 N–H and O–H groups in total. The van der Waals surface area contributed by atoms with E-state index in [0.717, 1.165) is 41.1 Å². The maximum absolute atomic E-state index is 13.5. The zero-order valence-corrected chi connectivity index (χ0v) is 18.3. The van der Waals surface area contributed by atoms with Crippen molar-refractivity contribution >= 4 is 39.5 Å². The second-order valence-electron chi connectivity index (χ2n) is 8.76. The number of aromatic nitrogens is 5. The predicted molar refractivity (Wildman–Crippen MR) is 123 cm³/mol. The SMILES string of the molecule is Cn1cc2c(Cl)c(-c3c[nH]c4nc(N5CC6CCCC(C5)N6)n(C)c(=O)c34)ccc2n1. The largest absolute Gasteiger partial charge is 0.345 e. The van der Waals surface area contributed by atoms with Gasteiger partial charge in [-0.1, -0.05) is 24.1 Å². The fraction of sp³-hybridized carbons (Fsp3) is 0.409. The molecule has 1 aromatic carbocycles. The highest BCUT2D eigenvalue weighted by molar-refractivity contribution is 6.38. The molecule has 2 bridgehead atoms. The molecule has 2 unspecified atom stereocenters. The summed E-state index contributed by atoms with van der Waals surface area (Å²) in [5.41, 5.74) is 2.93. The van der Waals surface area contributed by atoms with E-state index in [2.05, 4.69) is 20.3 Å². The summed E-state index contributed by atoms with van der Waals surface area (Å²) in [4.78, 5) is 23.8. The molecule has 0 amide bonds. The molecule has 31 heavy (non-hydrogen) atoms. The van der Waals surface area contributed by atoms with Gasteiger partial charge in [-0.05, 0) is 18.9 Å². The Bertz CT molecular complexity index is 1370. The highest BCUT2D eigenvalue weighted by atomic mass is 35.5. The zero-order valence-electron chi connectivity index (χ0n) is 17.5. The van der Waals surface area contributed by atoms with E-state index in [1.165, 1.54) is 19.3 Å². The number of hydrogen-bond donors (Lipinski definition) is 2. The van der Waals surface area contributed by atoms with Crippen LogP contribution < -0.4 is 15.8 Å². The van der Waals surface area contributed by atoms with Crippen molar-refractivity contribution in [1.29, 1.82) is 0 Å². The van der Waals surface area contributed by atoms with Crippen molar-refractivity contribution in [3.63, 3.8) is 0 Å². The zero-order chi connectivity index (χ0) is 21.3. The number of nitrogens with one attached hydrogen (secondary N) is 2. The van der Waals surface area contributed by atoms with Crippen LogP contribution in [0.25, 0.3) is 33.1 Å². The van der Waals surface area contributed by atoms with Crippen molar-refractivity contribution in [3.8, 4) is 11.1 Å². The maximum Gasteiger partial charge on any atom is 0.264 e. The van der Waals surface area contributed by atoms with Gasteiger partial charge in [-0.15, -0.1) is 0 Å². The summed E-state index contributed by atoms with van der Waals surface area (Å²) < 4.78 is 3.42. The minimum absolute atomic E-state index is 0.0673. The summed E-state index contributed by atoms with van der Waals surface area (Å²) in [6.45, 7) is 1.75. The number of piperidine rings is 1. The Morgan fingerprint density at radius 2 is 1.90 bits per heavy atom. The molecule has 160 valence electrons. The van der Waals surface area contributed by atoms with E-state index in [1.807, 2.05) is 38.6 Å². The highest BCUT2D eigenvalue weighted by Gasteiger charge is 2.32. The van der Waals surface area contributed by atoms with Crippen molar-refractivity contribution in [2.24, 2.45) is 14.1 Å². The molecule has 5 heterocycles. The first-order valence-corrected chi connectivity index (χ1v) is 11.1. The number of benzene rings is 1. The third-order valence-corrected chi connectivity index (χ3v) is 7.07. The van der Waals surface area contributed by atoms with Crippen LogP contribution in [0.3, 0.4) is 0 Å². The minimum Gasteiger partial charge on any atom is -0.345 e. The number of H-pyrrole nitrogens is 1. The Morgan fingerprint density at radius 3 is 2.68 bits per heavy atom. The van der Waals surface area contributed by atoms with Gasteiger partial charge in [0.2, 0.25) is 5.95 Å². The summed E-state index contributed by atoms with van der Waals surface area (Å²) in [6.07, 6.45) is 7.34. The average molecular weight is 438 g/mol. The molecule has 2 aliphatic rings. The number of aromatic amines is 1. The van der Waals surface area contributed by atoms with E-state index in [0.29, 0.717) is 28.1 Å². The van der Waals surface area contributed by atoms with Crippen molar-refractivity contribution in [3.05, 3.63) is 39.9 Å². The Kier molecular flexibility index (Phi) is 4.16. The van der Waals surface area contributed by atoms with Gasteiger partial charge in [-0.3, -0.25) is 14.0 Å². The standard InChI is InChI=1S/C22H24ClN7O/c1-28-11-16-17(27-28)7-6-14(19(16)23)15-8-24-20-18(15)21(31)29(2)22(26-20)30-9-12-4-3-5-13(10-30)25-12/h6-8,11-13,24-25H,3-5,9-10H2,1-2H3. The number of halogens is 1. The lowest BCUT2D eigenvalue weighted by atomic mass is 9.94. The molecule has 2 saturated heterocycles. The third-order valence-electron chi connectivity index (χ3n) is 6.66. The van der Waals surface area contributed by atoms with E-state index in [4.69, 9.17) is 16.6 Å². The van der Waals surface area contributed by atoms with Gasteiger partial charge in [0.05, 0.1) is 15.9 Å².